The zero-order chi connectivity index (χ0) is 18.6. The van der Waals surface area contributed by atoms with Crippen LogP contribution in [0, 0.1) is 6.92 Å². The molecule has 0 bridgehead atoms. The summed E-state index contributed by atoms with van der Waals surface area (Å²) < 4.78 is 35.4. The van der Waals surface area contributed by atoms with Crippen molar-refractivity contribution in [2.75, 3.05) is 13.2 Å². The summed E-state index contributed by atoms with van der Waals surface area (Å²) in [6, 6.07) is 10.4. The van der Waals surface area contributed by atoms with Crippen LogP contribution in [0.1, 0.15) is 23.4 Å². The molecule has 0 spiro atoms. The van der Waals surface area contributed by atoms with Gasteiger partial charge in [0.1, 0.15) is 5.75 Å². The Morgan fingerprint density at radius 2 is 2.15 bits per heavy atom. The summed E-state index contributed by atoms with van der Waals surface area (Å²) in [5.74, 6) is 0.694. The van der Waals surface area contributed by atoms with Crippen molar-refractivity contribution in [3.8, 4) is 5.75 Å². The van der Waals surface area contributed by atoms with E-state index in [4.69, 9.17) is 4.74 Å². The van der Waals surface area contributed by atoms with E-state index < -0.39 is 10.0 Å². The van der Waals surface area contributed by atoms with Crippen molar-refractivity contribution >= 4 is 21.4 Å². The summed E-state index contributed by atoms with van der Waals surface area (Å²) in [7, 11) is -3.63. The lowest BCUT2D eigenvalue weighted by Gasteiger charge is -2.17. The van der Waals surface area contributed by atoms with Gasteiger partial charge in [-0.2, -0.15) is 5.10 Å². The minimum Gasteiger partial charge on any atom is -0.494 e. The van der Waals surface area contributed by atoms with Gasteiger partial charge in [-0.15, -0.1) is 11.3 Å². The number of nitrogens with zero attached hydrogens (tertiary/aromatic N) is 2. The van der Waals surface area contributed by atoms with Crippen LogP contribution in [-0.2, 0) is 10.0 Å². The number of hydrogen-bond acceptors (Lipinski definition) is 5. The molecule has 2 aromatic heterocycles. The van der Waals surface area contributed by atoms with Crippen molar-refractivity contribution in [3.05, 3.63) is 64.6 Å². The molecule has 2 heterocycles. The van der Waals surface area contributed by atoms with Gasteiger partial charge in [-0.05, 0) is 55.1 Å². The van der Waals surface area contributed by atoms with Crippen LogP contribution in [-0.4, -0.2) is 31.3 Å². The highest BCUT2D eigenvalue weighted by Crippen LogP contribution is 2.24. The molecule has 0 saturated carbocycles. The SMILES string of the molecule is CCOc1ccc(S(=O)(=O)NCC(c2cccs2)n2cccn2)cc1C. The van der Waals surface area contributed by atoms with Crippen molar-refractivity contribution in [2.45, 2.75) is 24.8 Å². The molecule has 1 N–H and O–H groups in total. The zero-order valence-electron chi connectivity index (χ0n) is 14.6. The number of nitrogens with one attached hydrogen (secondary N) is 1. The van der Waals surface area contributed by atoms with Crippen LogP contribution in [0.15, 0.2) is 59.1 Å². The van der Waals surface area contributed by atoms with Crippen LogP contribution < -0.4 is 9.46 Å². The third-order valence-electron chi connectivity index (χ3n) is 3.94. The smallest absolute Gasteiger partial charge is 0.240 e. The Morgan fingerprint density at radius 1 is 1.31 bits per heavy atom. The number of hydrogen-bond donors (Lipinski definition) is 1. The maximum absolute atomic E-state index is 12.7. The molecule has 26 heavy (non-hydrogen) atoms. The lowest BCUT2D eigenvalue weighted by molar-refractivity contribution is 0.337. The fourth-order valence-corrected chi connectivity index (χ4v) is 4.59. The number of ether oxygens (including phenoxy) is 1. The molecule has 138 valence electrons. The molecular weight excluding hydrogens is 370 g/mol. The second-order valence-corrected chi connectivity index (χ2v) is 8.48. The normalized spacial score (nSPS) is 12.8. The van der Waals surface area contributed by atoms with Crippen LogP contribution in [0.2, 0.25) is 0 Å². The highest BCUT2D eigenvalue weighted by Gasteiger charge is 2.21. The number of thiophene rings is 1. The molecule has 0 saturated heterocycles. The fourth-order valence-electron chi connectivity index (χ4n) is 2.65. The summed E-state index contributed by atoms with van der Waals surface area (Å²) in [5.41, 5.74) is 0.789. The molecule has 0 amide bonds. The summed E-state index contributed by atoms with van der Waals surface area (Å²) in [4.78, 5) is 1.27. The molecule has 3 rings (SSSR count). The predicted octanol–water partition coefficient (Wildman–Crippen LogP) is 3.22. The van der Waals surface area contributed by atoms with Gasteiger partial charge < -0.3 is 4.74 Å². The van der Waals surface area contributed by atoms with Gasteiger partial charge in [-0.1, -0.05) is 6.07 Å². The molecule has 1 unspecified atom stereocenters. The minimum absolute atomic E-state index is 0.191. The number of rotatable bonds is 8. The van der Waals surface area contributed by atoms with Gasteiger partial charge in [-0.25, -0.2) is 13.1 Å². The van der Waals surface area contributed by atoms with E-state index in [1.54, 1.807) is 40.4 Å². The van der Waals surface area contributed by atoms with Crippen molar-refractivity contribution < 1.29 is 13.2 Å². The van der Waals surface area contributed by atoms with Crippen molar-refractivity contribution in [2.24, 2.45) is 0 Å². The first-order chi connectivity index (χ1) is 12.5. The average molecular weight is 392 g/mol. The number of aromatic nitrogens is 2. The van der Waals surface area contributed by atoms with Crippen LogP contribution in [0.25, 0.3) is 0 Å². The molecular formula is C18H21N3O3S2. The van der Waals surface area contributed by atoms with E-state index in [2.05, 4.69) is 9.82 Å². The van der Waals surface area contributed by atoms with Gasteiger partial charge in [-0.3, -0.25) is 4.68 Å². The summed E-state index contributed by atoms with van der Waals surface area (Å²) in [5, 5.41) is 6.23. The Hall–Kier alpha value is -2.16. The first-order valence-corrected chi connectivity index (χ1v) is 10.6. The quantitative estimate of drug-likeness (QED) is 0.640. The molecule has 3 aromatic rings. The maximum Gasteiger partial charge on any atom is 0.240 e. The van der Waals surface area contributed by atoms with E-state index >= 15 is 0 Å². The maximum atomic E-state index is 12.7. The van der Waals surface area contributed by atoms with E-state index in [9.17, 15) is 8.42 Å². The molecule has 8 heteroatoms. The van der Waals surface area contributed by atoms with Crippen LogP contribution in [0.4, 0.5) is 0 Å². The number of aryl methyl sites for hydroxylation is 1. The standard InChI is InChI=1S/C18H21N3O3S2/c1-3-24-17-8-7-15(12-14(17)2)26(22,23)20-13-16(18-6-4-11-25-18)21-10-5-9-19-21/h4-12,16,20H,3,13H2,1-2H3. The second-order valence-electron chi connectivity index (χ2n) is 5.73. The van der Waals surface area contributed by atoms with Gasteiger partial charge in [0.05, 0.1) is 17.5 Å². The lowest BCUT2D eigenvalue weighted by Crippen LogP contribution is -2.31. The van der Waals surface area contributed by atoms with E-state index in [1.165, 1.54) is 0 Å². The van der Waals surface area contributed by atoms with Crippen molar-refractivity contribution in [1.82, 2.24) is 14.5 Å². The second kappa shape index (κ2) is 8.03. The molecule has 0 radical (unpaired) electrons. The third kappa shape index (κ3) is 4.14. The topological polar surface area (TPSA) is 73.2 Å². The van der Waals surface area contributed by atoms with E-state index in [0.29, 0.717) is 12.4 Å². The molecule has 0 fully saturated rings. The highest BCUT2D eigenvalue weighted by atomic mass is 32.2. The van der Waals surface area contributed by atoms with E-state index in [0.717, 1.165) is 10.4 Å². The predicted molar refractivity (Wildman–Crippen MR) is 102 cm³/mol. The zero-order valence-corrected chi connectivity index (χ0v) is 16.3. The largest absolute Gasteiger partial charge is 0.494 e. The molecule has 0 aliphatic heterocycles. The van der Waals surface area contributed by atoms with Crippen LogP contribution >= 0.6 is 11.3 Å². The third-order valence-corrected chi connectivity index (χ3v) is 6.33. The molecule has 6 nitrogen and oxygen atoms in total. The first-order valence-electron chi connectivity index (χ1n) is 8.27. The van der Waals surface area contributed by atoms with Gasteiger partial charge in [0.25, 0.3) is 0 Å². The van der Waals surface area contributed by atoms with E-state index in [-0.39, 0.29) is 17.5 Å². The highest BCUT2D eigenvalue weighted by molar-refractivity contribution is 7.89. The van der Waals surface area contributed by atoms with Crippen molar-refractivity contribution in [1.29, 1.82) is 0 Å². The Balaban J connectivity index is 1.79. The van der Waals surface area contributed by atoms with Crippen LogP contribution in [0.3, 0.4) is 0 Å². The Kier molecular flexibility index (Phi) is 5.75. The Morgan fingerprint density at radius 3 is 2.77 bits per heavy atom. The Bertz CT molecular complexity index is 902. The Labute approximate surface area is 157 Å². The van der Waals surface area contributed by atoms with Gasteiger partial charge in [0.15, 0.2) is 0 Å². The van der Waals surface area contributed by atoms with Crippen LogP contribution in [0.5, 0.6) is 5.75 Å². The summed E-state index contributed by atoms with van der Waals surface area (Å²) >= 11 is 1.57. The number of sulfonamides is 1. The van der Waals surface area contributed by atoms with Gasteiger partial charge in [0, 0.05) is 23.8 Å². The first kappa shape index (κ1) is 18.6. The summed E-state index contributed by atoms with van der Waals surface area (Å²) in [6.07, 6.45) is 3.52. The fraction of sp³-hybridized carbons (Fsp3) is 0.278. The molecule has 1 atom stereocenters. The average Bonchev–Trinajstić information content (AvgIpc) is 3.31. The van der Waals surface area contributed by atoms with Crippen molar-refractivity contribution in [3.63, 3.8) is 0 Å². The van der Waals surface area contributed by atoms with E-state index in [1.807, 2.05) is 43.6 Å². The van der Waals surface area contributed by atoms with Gasteiger partial charge in [0.2, 0.25) is 10.0 Å². The lowest BCUT2D eigenvalue weighted by atomic mass is 10.2. The molecule has 1 aromatic carbocycles. The minimum atomic E-state index is -3.63. The number of benzene rings is 1. The molecule has 0 aliphatic rings. The summed E-state index contributed by atoms with van der Waals surface area (Å²) in [6.45, 7) is 4.49. The van der Waals surface area contributed by atoms with Gasteiger partial charge >= 0.3 is 0 Å². The monoisotopic (exact) mass is 391 g/mol. The molecule has 0 aliphatic carbocycles.